The van der Waals surface area contributed by atoms with Crippen molar-refractivity contribution in [3.8, 4) is 17.2 Å². The molecule has 164 valence electrons. The molecule has 0 unspecified atom stereocenters. The highest BCUT2D eigenvalue weighted by atomic mass is 35.5. The van der Waals surface area contributed by atoms with Crippen LogP contribution in [0.3, 0.4) is 0 Å². The van der Waals surface area contributed by atoms with E-state index in [0.29, 0.717) is 34.3 Å². The maximum atomic E-state index is 13.6. The van der Waals surface area contributed by atoms with Crippen molar-refractivity contribution >= 4 is 28.3 Å². The summed E-state index contributed by atoms with van der Waals surface area (Å²) < 4.78 is 13.1. The zero-order valence-corrected chi connectivity index (χ0v) is 18.8. The van der Waals surface area contributed by atoms with Crippen molar-refractivity contribution in [2.24, 2.45) is 0 Å². The molecule has 5 aromatic rings. The summed E-state index contributed by atoms with van der Waals surface area (Å²) in [5, 5.41) is 1.49. The number of hydrogen-bond donors (Lipinski definition) is 0. The van der Waals surface area contributed by atoms with Crippen molar-refractivity contribution in [1.82, 2.24) is 14.5 Å². The number of carbonyl (C=O) groups excluding carboxylic acids is 1. The van der Waals surface area contributed by atoms with Crippen LogP contribution in [0.1, 0.15) is 27.3 Å². The number of ketones is 1. The predicted octanol–water partition coefficient (Wildman–Crippen LogP) is 5.94. The number of aromatic nitrogens is 3. The minimum absolute atomic E-state index is 0.209. The Labute approximate surface area is 195 Å². The van der Waals surface area contributed by atoms with Crippen molar-refractivity contribution in [2.75, 3.05) is 7.11 Å². The third kappa shape index (κ3) is 3.90. The molecule has 0 aliphatic rings. The quantitative estimate of drug-likeness (QED) is 0.295. The van der Waals surface area contributed by atoms with Gasteiger partial charge in [0, 0.05) is 40.6 Å². The molecule has 0 saturated carbocycles. The van der Waals surface area contributed by atoms with E-state index in [9.17, 15) is 4.79 Å². The lowest BCUT2D eigenvalue weighted by Gasteiger charge is -2.09. The molecule has 5 rings (SSSR count). The number of halogens is 1. The van der Waals surface area contributed by atoms with Crippen LogP contribution in [0.25, 0.3) is 22.4 Å². The second-order valence-corrected chi connectivity index (χ2v) is 8.10. The van der Waals surface area contributed by atoms with Crippen molar-refractivity contribution in [3.05, 3.63) is 101 Å². The Bertz CT molecular complexity index is 1450. The molecule has 0 N–H and O–H groups in total. The molecule has 0 spiro atoms. The van der Waals surface area contributed by atoms with E-state index in [1.165, 1.54) is 6.26 Å². The van der Waals surface area contributed by atoms with Crippen LogP contribution >= 0.6 is 11.6 Å². The molecule has 0 aliphatic heterocycles. The third-order valence-corrected chi connectivity index (χ3v) is 5.91. The van der Waals surface area contributed by atoms with E-state index >= 15 is 0 Å². The molecule has 0 atom stereocenters. The summed E-state index contributed by atoms with van der Waals surface area (Å²) in [6.07, 6.45) is 4.71. The molecule has 0 aliphatic carbocycles. The van der Waals surface area contributed by atoms with Gasteiger partial charge in [-0.1, -0.05) is 23.7 Å². The number of hydrogen-bond acceptors (Lipinski definition) is 5. The summed E-state index contributed by atoms with van der Waals surface area (Å²) in [4.78, 5) is 22.2. The lowest BCUT2D eigenvalue weighted by molar-refractivity contribution is 0.103. The Morgan fingerprint density at radius 2 is 1.97 bits per heavy atom. The first-order chi connectivity index (χ1) is 16.0. The zero-order valence-electron chi connectivity index (χ0n) is 18.1. The van der Waals surface area contributed by atoms with Gasteiger partial charge in [0.1, 0.15) is 12.0 Å². The van der Waals surface area contributed by atoms with Crippen LogP contribution in [0, 0.1) is 6.92 Å². The number of pyridine rings is 1. The van der Waals surface area contributed by atoms with Crippen LogP contribution in [-0.2, 0) is 6.54 Å². The second-order valence-electron chi connectivity index (χ2n) is 7.66. The molecule has 0 bridgehead atoms. The Morgan fingerprint density at radius 3 is 2.70 bits per heavy atom. The summed E-state index contributed by atoms with van der Waals surface area (Å²) in [5.74, 6) is 0.822. The average molecular weight is 458 g/mol. The molecule has 0 fully saturated rings. The smallest absolute Gasteiger partial charge is 0.228 e. The minimum atomic E-state index is -0.209. The first kappa shape index (κ1) is 21.0. The van der Waals surface area contributed by atoms with Gasteiger partial charge in [-0.05, 0) is 55.0 Å². The maximum Gasteiger partial charge on any atom is 0.228 e. The van der Waals surface area contributed by atoms with Crippen LogP contribution in [-0.4, -0.2) is 27.4 Å². The van der Waals surface area contributed by atoms with E-state index in [1.807, 2.05) is 55.5 Å². The van der Waals surface area contributed by atoms with Gasteiger partial charge in [-0.15, -0.1) is 0 Å². The topological polar surface area (TPSA) is 70.2 Å². The highest BCUT2D eigenvalue weighted by molar-refractivity contribution is 6.30. The molecule has 3 heterocycles. The summed E-state index contributed by atoms with van der Waals surface area (Å²) in [6.45, 7) is 2.54. The number of ether oxygens (including phenoxy) is 1. The normalized spacial score (nSPS) is 11.1. The van der Waals surface area contributed by atoms with Crippen LogP contribution in [0.4, 0.5) is 0 Å². The fourth-order valence-corrected chi connectivity index (χ4v) is 4.10. The second kappa shape index (κ2) is 8.56. The molecule has 33 heavy (non-hydrogen) atoms. The van der Waals surface area contributed by atoms with Gasteiger partial charge in [0.25, 0.3) is 0 Å². The zero-order chi connectivity index (χ0) is 22.9. The highest BCUT2D eigenvalue weighted by Crippen LogP contribution is 2.32. The van der Waals surface area contributed by atoms with Gasteiger partial charge in [-0.2, -0.15) is 0 Å². The molecule has 7 heteroatoms. The standard InChI is InChI=1S/C26H20ClN3O3/c1-16-24(25(31)22-15-33-26(29-22)18-4-3-11-28-13-18)21-12-20(32-2)9-10-23(21)30(16)14-17-5-7-19(27)8-6-17/h3-13,15H,14H2,1-2H3. The van der Waals surface area contributed by atoms with Gasteiger partial charge in [-0.3, -0.25) is 9.78 Å². The molecule has 0 amide bonds. The van der Waals surface area contributed by atoms with Crippen LogP contribution in [0.2, 0.25) is 5.02 Å². The summed E-state index contributed by atoms with van der Waals surface area (Å²) in [5.41, 5.74) is 4.37. The number of benzene rings is 2. The van der Waals surface area contributed by atoms with E-state index in [1.54, 1.807) is 25.6 Å². The molecule has 0 radical (unpaired) electrons. The third-order valence-electron chi connectivity index (χ3n) is 5.66. The van der Waals surface area contributed by atoms with Crippen molar-refractivity contribution < 1.29 is 13.9 Å². The van der Waals surface area contributed by atoms with E-state index in [2.05, 4.69) is 14.5 Å². The van der Waals surface area contributed by atoms with Gasteiger partial charge in [0.2, 0.25) is 11.7 Å². The summed E-state index contributed by atoms with van der Waals surface area (Å²) in [6, 6.07) is 17.1. The molecular formula is C26H20ClN3O3. The monoisotopic (exact) mass is 457 g/mol. The van der Waals surface area contributed by atoms with Crippen LogP contribution in [0.5, 0.6) is 5.75 Å². The van der Waals surface area contributed by atoms with Gasteiger partial charge < -0.3 is 13.7 Å². The average Bonchev–Trinajstić information content (AvgIpc) is 3.44. The predicted molar refractivity (Wildman–Crippen MR) is 127 cm³/mol. The fraction of sp³-hybridized carbons (Fsp3) is 0.115. The molecule has 3 aromatic heterocycles. The lowest BCUT2D eigenvalue weighted by atomic mass is 10.0. The fourth-order valence-electron chi connectivity index (χ4n) is 3.98. The van der Waals surface area contributed by atoms with Gasteiger partial charge in [-0.25, -0.2) is 4.98 Å². The lowest BCUT2D eigenvalue weighted by Crippen LogP contribution is -2.06. The Hall–Kier alpha value is -3.90. The van der Waals surface area contributed by atoms with E-state index < -0.39 is 0 Å². The number of methoxy groups -OCH3 is 1. The van der Waals surface area contributed by atoms with Crippen molar-refractivity contribution in [2.45, 2.75) is 13.5 Å². The number of oxazole rings is 1. The summed E-state index contributed by atoms with van der Waals surface area (Å²) >= 11 is 6.05. The first-order valence-electron chi connectivity index (χ1n) is 10.4. The van der Waals surface area contributed by atoms with Crippen LogP contribution < -0.4 is 4.74 Å². The van der Waals surface area contributed by atoms with Gasteiger partial charge in [0.05, 0.1) is 18.2 Å². The van der Waals surface area contributed by atoms with Crippen molar-refractivity contribution in [1.29, 1.82) is 0 Å². The van der Waals surface area contributed by atoms with Crippen molar-refractivity contribution in [3.63, 3.8) is 0 Å². The maximum absolute atomic E-state index is 13.6. The van der Waals surface area contributed by atoms with E-state index in [4.69, 9.17) is 20.8 Å². The number of fused-ring (bicyclic) bond motifs is 1. The Kier molecular flexibility index (Phi) is 5.44. The summed E-state index contributed by atoms with van der Waals surface area (Å²) in [7, 11) is 1.61. The number of nitrogens with zero attached hydrogens (tertiary/aromatic N) is 3. The Balaban J connectivity index is 1.61. The van der Waals surface area contributed by atoms with Gasteiger partial charge >= 0.3 is 0 Å². The van der Waals surface area contributed by atoms with Gasteiger partial charge in [0.15, 0.2) is 5.69 Å². The largest absolute Gasteiger partial charge is 0.497 e. The molecular weight excluding hydrogens is 438 g/mol. The number of rotatable bonds is 6. The van der Waals surface area contributed by atoms with E-state index in [-0.39, 0.29) is 11.5 Å². The van der Waals surface area contributed by atoms with E-state index in [0.717, 1.165) is 22.2 Å². The highest BCUT2D eigenvalue weighted by Gasteiger charge is 2.24. The SMILES string of the molecule is COc1ccc2c(c1)c(C(=O)c1coc(-c3cccnc3)n1)c(C)n2Cc1ccc(Cl)cc1. The first-order valence-corrected chi connectivity index (χ1v) is 10.7. The molecule has 6 nitrogen and oxygen atoms in total. The molecule has 0 saturated heterocycles. The number of carbonyl (C=O) groups is 1. The minimum Gasteiger partial charge on any atom is -0.497 e. The molecule has 2 aromatic carbocycles. The van der Waals surface area contributed by atoms with Crippen LogP contribution in [0.15, 0.2) is 77.7 Å². The Morgan fingerprint density at radius 1 is 1.15 bits per heavy atom.